The van der Waals surface area contributed by atoms with Crippen molar-refractivity contribution in [3.05, 3.63) is 41.9 Å². The number of nitrogens with one attached hydrogen (secondary N) is 1. The first kappa shape index (κ1) is 16.6. The summed E-state index contributed by atoms with van der Waals surface area (Å²) in [7, 11) is 0. The molecular weight excluding hydrogens is 277 g/mol. The van der Waals surface area contributed by atoms with Crippen LogP contribution in [-0.2, 0) is 4.79 Å². The maximum Gasteiger partial charge on any atom is 0.266 e. The molecule has 1 aromatic rings. The summed E-state index contributed by atoms with van der Waals surface area (Å²) in [5, 5.41) is 29.5. The second kappa shape index (κ2) is 8.68. The Bertz CT molecular complexity index is 531. The molecule has 0 aliphatic heterocycles. The highest BCUT2D eigenvalue weighted by Crippen LogP contribution is 2.09. The summed E-state index contributed by atoms with van der Waals surface area (Å²) in [5.74, 6) is -0.992. The third-order valence-corrected chi connectivity index (χ3v) is 2.61. The highest BCUT2D eigenvalue weighted by atomic mass is 19.1. The molecule has 1 rings (SSSR count). The number of nitrogens with zero attached hydrogens (tertiary/aromatic N) is 2. The molecule has 0 heterocycles. The Morgan fingerprint density at radius 3 is 2.33 bits per heavy atom. The number of aliphatic hydroxyl groups is 2. The predicted molar refractivity (Wildman–Crippen MR) is 74.5 cm³/mol. The van der Waals surface area contributed by atoms with Crippen LogP contribution in [0, 0.1) is 17.1 Å². The summed E-state index contributed by atoms with van der Waals surface area (Å²) in [5.41, 5.74) is 0.342. The van der Waals surface area contributed by atoms with Crippen LogP contribution in [0.4, 0.5) is 10.1 Å². The average Bonchev–Trinajstić information content (AvgIpc) is 2.49. The number of hydrogen-bond acceptors (Lipinski definition) is 5. The molecule has 0 spiro atoms. The van der Waals surface area contributed by atoms with E-state index in [0.717, 1.165) is 0 Å². The van der Waals surface area contributed by atoms with Gasteiger partial charge in [0.2, 0.25) is 0 Å². The van der Waals surface area contributed by atoms with Gasteiger partial charge in [-0.15, -0.1) is 0 Å². The van der Waals surface area contributed by atoms with E-state index < -0.39 is 11.7 Å². The van der Waals surface area contributed by atoms with Gasteiger partial charge in [-0.3, -0.25) is 4.79 Å². The topological polar surface area (TPSA) is 96.6 Å². The molecule has 0 aliphatic carbocycles. The van der Waals surface area contributed by atoms with E-state index in [1.54, 1.807) is 6.07 Å². The molecule has 0 atom stereocenters. The van der Waals surface area contributed by atoms with Crippen molar-refractivity contribution in [2.45, 2.75) is 0 Å². The van der Waals surface area contributed by atoms with Crippen molar-refractivity contribution in [1.29, 1.82) is 5.26 Å². The molecule has 0 fully saturated rings. The molecule has 6 nitrogen and oxygen atoms in total. The van der Waals surface area contributed by atoms with E-state index in [0.29, 0.717) is 5.69 Å². The number of anilines is 1. The van der Waals surface area contributed by atoms with Gasteiger partial charge in [-0.2, -0.15) is 5.26 Å². The van der Waals surface area contributed by atoms with Crippen LogP contribution in [0.1, 0.15) is 0 Å². The molecular formula is C14H16FN3O3. The van der Waals surface area contributed by atoms with Crippen LogP contribution < -0.4 is 5.32 Å². The van der Waals surface area contributed by atoms with Gasteiger partial charge >= 0.3 is 0 Å². The van der Waals surface area contributed by atoms with E-state index >= 15 is 0 Å². The van der Waals surface area contributed by atoms with Crippen molar-refractivity contribution in [2.75, 3.05) is 31.6 Å². The van der Waals surface area contributed by atoms with Crippen LogP contribution in [0.5, 0.6) is 0 Å². The third-order valence-electron chi connectivity index (χ3n) is 2.61. The van der Waals surface area contributed by atoms with Crippen molar-refractivity contribution in [2.24, 2.45) is 0 Å². The number of aliphatic hydroxyl groups excluding tert-OH is 2. The maximum absolute atomic E-state index is 12.8. The maximum atomic E-state index is 12.8. The third kappa shape index (κ3) is 5.22. The first-order valence-corrected chi connectivity index (χ1v) is 6.25. The minimum absolute atomic E-state index is 0.0228. The minimum Gasteiger partial charge on any atom is -0.395 e. The largest absolute Gasteiger partial charge is 0.395 e. The summed E-state index contributed by atoms with van der Waals surface area (Å²) < 4.78 is 12.8. The Kier molecular flexibility index (Phi) is 6.87. The van der Waals surface area contributed by atoms with E-state index in [1.807, 2.05) is 0 Å². The SMILES string of the molecule is N#C/C(=C/Nc1ccc(F)cc1)C(=O)N(CCO)CCO. The van der Waals surface area contributed by atoms with Crippen LogP contribution in [0.3, 0.4) is 0 Å². The molecule has 0 saturated heterocycles. The number of rotatable bonds is 7. The second-order valence-electron chi connectivity index (χ2n) is 4.06. The van der Waals surface area contributed by atoms with Crippen molar-refractivity contribution >= 4 is 11.6 Å². The Labute approximate surface area is 121 Å². The lowest BCUT2D eigenvalue weighted by atomic mass is 10.2. The number of nitriles is 1. The zero-order chi connectivity index (χ0) is 15.7. The van der Waals surface area contributed by atoms with Crippen LogP contribution in [0.25, 0.3) is 0 Å². The van der Waals surface area contributed by atoms with Gasteiger partial charge in [-0.25, -0.2) is 4.39 Å². The molecule has 7 heteroatoms. The Morgan fingerprint density at radius 2 is 1.86 bits per heavy atom. The van der Waals surface area contributed by atoms with Gasteiger partial charge in [0.15, 0.2) is 0 Å². The smallest absolute Gasteiger partial charge is 0.266 e. The highest BCUT2D eigenvalue weighted by Gasteiger charge is 2.17. The normalized spacial score (nSPS) is 10.9. The van der Waals surface area contributed by atoms with E-state index in [9.17, 15) is 9.18 Å². The van der Waals surface area contributed by atoms with E-state index in [2.05, 4.69) is 5.32 Å². The lowest BCUT2D eigenvalue weighted by Gasteiger charge is -2.20. The van der Waals surface area contributed by atoms with Crippen molar-refractivity contribution in [3.63, 3.8) is 0 Å². The lowest BCUT2D eigenvalue weighted by Crippen LogP contribution is -2.36. The molecule has 0 unspecified atom stereocenters. The Hall–Kier alpha value is -2.43. The van der Waals surface area contributed by atoms with Gasteiger partial charge in [0.05, 0.1) is 13.2 Å². The summed E-state index contributed by atoms with van der Waals surface area (Å²) in [6, 6.07) is 7.16. The summed E-state index contributed by atoms with van der Waals surface area (Å²) in [6.07, 6.45) is 1.21. The molecule has 0 bridgehead atoms. The molecule has 0 saturated carbocycles. The fourth-order valence-electron chi connectivity index (χ4n) is 1.57. The number of amides is 1. The number of benzene rings is 1. The summed E-state index contributed by atoms with van der Waals surface area (Å²) in [6.45, 7) is -0.490. The van der Waals surface area contributed by atoms with Crippen molar-refractivity contribution in [1.82, 2.24) is 4.90 Å². The Balaban J connectivity index is 2.80. The van der Waals surface area contributed by atoms with Gasteiger partial charge in [-0.1, -0.05) is 0 Å². The summed E-state index contributed by atoms with van der Waals surface area (Å²) >= 11 is 0. The van der Waals surface area contributed by atoms with Gasteiger partial charge in [0.25, 0.3) is 5.91 Å². The molecule has 1 amide bonds. The number of hydrogen-bond donors (Lipinski definition) is 3. The highest BCUT2D eigenvalue weighted by molar-refractivity contribution is 5.97. The predicted octanol–water partition coefficient (Wildman–Crippen LogP) is 0.458. The quantitative estimate of drug-likeness (QED) is 0.501. The number of carbonyl (C=O) groups excluding carboxylic acids is 1. The standard InChI is InChI=1S/C14H16FN3O3/c15-12-1-3-13(4-2-12)17-10-11(9-16)14(21)18(5-7-19)6-8-20/h1-4,10,17,19-20H,5-8H2/b11-10-. The fourth-order valence-corrected chi connectivity index (χ4v) is 1.57. The molecule has 3 N–H and O–H groups in total. The first-order valence-electron chi connectivity index (χ1n) is 6.25. The van der Waals surface area contributed by atoms with E-state index in [-0.39, 0.29) is 31.9 Å². The zero-order valence-corrected chi connectivity index (χ0v) is 11.3. The molecule has 0 radical (unpaired) electrons. The van der Waals surface area contributed by atoms with Gasteiger partial charge < -0.3 is 20.4 Å². The van der Waals surface area contributed by atoms with Crippen LogP contribution in [0.15, 0.2) is 36.0 Å². The van der Waals surface area contributed by atoms with E-state index in [1.165, 1.54) is 35.4 Å². The zero-order valence-electron chi connectivity index (χ0n) is 11.3. The van der Waals surface area contributed by atoms with Crippen LogP contribution >= 0.6 is 0 Å². The lowest BCUT2D eigenvalue weighted by molar-refractivity contribution is -0.127. The minimum atomic E-state index is -0.602. The van der Waals surface area contributed by atoms with Gasteiger partial charge in [0, 0.05) is 25.0 Å². The molecule has 112 valence electrons. The summed E-state index contributed by atoms with van der Waals surface area (Å²) in [4.78, 5) is 13.2. The average molecular weight is 293 g/mol. The Morgan fingerprint density at radius 1 is 1.29 bits per heavy atom. The fraction of sp³-hybridized carbons (Fsp3) is 0.286. The van der Waals surface area contributed by atoms with Gasteiger partial charge in [-0.05, 0) is 24.3 Å². The monoisotopic (exact) mass is 293 g/mol. The molecule has 0 aromatic heterocycles. The van der Waals surface area contributed by atoms with E-state index in [4.69, 9.17) is 15.5 Å². The first-order chi connectivity index (χ1) is 10.1. The number of halogens is 1. The van der Waals surface area contributed by atoms with Crippen molar-refractivity contribution in [3.8, 4) is 6.07 Å². The van der Waals surface area contributed by atoms with Gasteiger partial charge in [0.1, 0.15) is 17.5 Å². The molecule has 21 heavy (non-hydrogen) atoms. The van der Waals surface area contributed by atoms with Crippen LogP contribution in [0.2, 0.25) is 0 Å². The van der Waals surface area contributed by atoms with Crippen molar-refractivity contribution < 1.29 is 19.4 Å². The molecule has 0 aliphatic rings. The second-order valence-corrected chi connectivity index (χ2v) is 4.06. The number of carbonyl (C=O) groups is 1. The molecule has 1 aromatic carbocycles. The van der Waals surface area contributed by atoms with Crippen LogP contribution in [-0.4, -0.2) is 47.3 Å².